The third-order valence-corrected chi connectivity index (χ3v) is 4.13. The predicted octanol–water partition coefficient (Wildman–Crippen LogP) is 3.15. The van der Waals surface area contributed by atoms with Crippen LogP contribution in [0.4, 0.5) is 10.2 Å². The van der Waals surface area contributed by atoms with E-state index < -0.39 is 11.8 Å². The van der Waals surface area contributed by atoms with Gasteiger partial charge in [0.05, 0.1) is 6.54 Å². The Labute approximate surface area is 119 Å². The van der Waals surface area contributed by atoms with Crippen LogP contribution in [0.25, 0.3) is 0 Å². The van der Waals surface area contributed by atoms with Crippen molar-refractivity contribution in [1.82, 2.24) is 4.98 Å². The molecule has 0 bridgehead atoms. The molecule has 1 saturated carbocycles. The lowest BCUT2D eigenvalue weighted by atomic mass is 10.2. The van der Waals surface area contributed by atoms with Gasteiger partial charge in [0.25, 0.3) is 0 Å². The van der Waals surface area contributed by atoms with E-state index in [1.807, 2.05) is 22.4 Å². The third kappa shape index (κ3) is 2.51. The zero-order valence-electron chi connectivity index (χ0n) is 10.6. The fourth-order valence-corrected chi connectivity index (χ4v) is 2.83. The maximum atomic E-state index is 14.3. The lowest BCUT2D eigenvalue weighted by Gasteiger charge is -2.23. The number of thiophene rings is 1. The standard InChI is InChI=1S/C14H13FN2O2S/c15-12-11(14(18)19)5-6-16-13(12)17(9-3-4-9)8-10-2-1-7-20-10/h1-2,5-7,9H,3-4,8H2,(H,18,19). The van der Waals surface area contributed by atoms with Crippen LogP contribution in [-0.4, -0.2) is 22.1 Å². The fraction of sp³-hybridized carbons (Fsp3) is 0.286. The van der Waals surface area contributed by atoms with Gasteiger partial charge < -0.3 is 10.0 Å². The first-order valence-electron chi connectivity index (χ1n) is 6.33. The van der Waals surface area contributed by atoms with Crippen molar-refractivity contribution < 1.29 is 14.3 Å². The second kappa shape index (κ2) is 5.20. The SMILES string of the molecule is O=C(O)c1ccnc(N(Cc2cccs2)C2CC2)c1F. The van der Waals surface area contributed by atoms with Crippen LogP contribution in [-0.2, 0) is 6.54 Å². The van der Waals surface area contributed by atoms with Crippen molar-refractivity contribution in [2.45, 2.75) is 25.4 Å². The number of anilines is 1. The van der Waals surface area contributed by atoms with E-state index >= 15 is 0 Å². The van der Waals surface area contributed by atoms with E-state index in [1.165, 1.54) is 12.3 Å². The monoisotopic (exact) mass is 292 g/mol. The molecule has 6 heteroatoms. The molecule has 0 aromatic carbocycles. The van der Waals surface area contributed by atoms with Gasteiger partial charge >= 0.3 is 5.97 Å². The number of aromatic nitrogens is 1. The Morgan fingerprint density at radius 1 is 1.50 bits per heavy atom. The van der Waals surface area contributed by atoms with Gasteiger partial charge in [0.1, 0.15) is 5.56 Å². The van der Waals surface area contributed by atoms with Crippen LogP contribution in [0.2, 0.25) is 0 Å². The van der Waals surface area contributed by atoms with Crippen molar-refractivity contribution in [1.29, 1.82) is 0 Å². The largest absolute Gasteiger partial charge is 0.478 e. The molecular formula is C14H13FN2O2S. The van der Waals surface area contributed by atoms with Gasteiger partial charge in [-0.05, 0) is 30.4 Å². The van der Waals surface area contributed by atoms with Crippen LogP contribution < -0.4 is 4.90 Å². The van der Waals surface area contributed by atoms with E-state index in [0.717, 1.165) is 17.7 Å². The first kappa shape index (κ1) is 13.1. The molecule has 104 valence electrons. The van der Waals surface area contributed by atoms with Gasteiger partial charge in [-0.25, -0.2) is 14.2 Å². The second-order valence-corrected chi connectivity index (χ2v) is 5.77. The fourth-order valence-electron chi connectivity index (χ4n) is 2.13. The minimum Gasteiger partial charge on any atom is -0.478 e. The number of nitrogens with zero attached hydrogens (tertiary/aromatic N) is 2. The topological polar surface area (TPSA) is 53.4 Å². The van der Waals surface area contributed by atoms with Crippen LogP contribution in [0.1, 0.15) is 28.1 Å². The number of carboxylic acid groups (broad SMARTS) is 1. The molecule has 0 spiro atoms. The van der Waals surface area contributed by atoms with E-state index in [4.69, 9.17) is 5.11 Å². The normalized spacial score (nSPS) is 14.2. The number of rotatable bonds is 5. The lowest BCUT2D eigenvalue weighted by molar-refractivity contribution is 0.0691. The van der Waals surface area contributed by atoms with Gasteiger partial charge in [0.15, 0.2) is 11.6 Å². The van der Waals surface area contributed by atoms with Crippen molar-refractivity contribution in [3.05, 3.63) is 46.0 Å². The molecule has 1 fully saturated rings. The number of halogens is 1. The minimum absolute atomic E-state index is 0.140. The summed E-state index contributed by atoms with van der Waals surface area (Å²) in [6.45, 7) is 0.565. The summed E-state index contributed by atoms with van der Waals surface area (Å²) in [5.74, 6) is -1.87. The summed E-state index contributed by atoms with van der Waals surface area (Å²) < 4.78 is 14.3. The number of carbonyl (C=O) groups is 1. The average molecular weight is 292 g/mol. The van der Waals surface area contributed by atoms with E-state index in [0.29, 0.717) is 6.54 Å². The van der Waals surface area contributed by atoms with Crippen LogP contribution in [0.3, 0.4) is 0 Å². The second-order valence-electron chi connectivity index (χ2n) is 4.74. The Kier molecular flexibility index (Phi) is 3.40. The molecule has 2 aromatic heterocycles. The van der Waals surface area contributed by atoms with Gasteiger partial charge in [0.2, 0.25) is 0 Å². The van der Waals surface area contributed by atoms with Crippen molar-refractivity contribution >= 4 is 23.1 Å². The van der Waals surface area contributed by atoms with Gasteiger partial charge in [0, 0.05) is 17.1 Å². The molecule has 1 aliphatic rings. The Hall–Kier alpha value is -1.95. The van der Waals surface area contributed by atoms with Gasteiger partial charge in [-0.15, -0.1) is 11.3 Å². The minimum atomic E-state index is -1.27. The molecule has 0 unspecified atom stereocenters. The molecule has 0 amide bonds. The highest BCUT2D eigenvalue weighted by Gasteiger charge is 2.33. The molecule has 0 radical (unpaired) electrons. The summed E-state index contributed by atoms with van der Waals surface area (Å²) in [6, 6.07) is 5.38. The van der Waals surface area contributed by atoms with Crippen LogP contribution in [0, 0.1) is 5.82 Å². The van der Waals surface area contributed by atoms with Gasteiger partial charge in [-0.1, -0.05) is 6.07 Å². The van der Waals surface area contributed by atoms with Crippen LogP contribution in [0.15, 0.2) is 29.8 Å². The molecule has 4 nitrogen and oxygen atoms in total. The number of carboxylic acids is 1. The van der Waals surface area contributed by atoms with E-state index in [9.17, 15) is 9.18 Å². The van der Waals surface area contributed by atoms with E-state index in [1.54, 1.807) is 11.3 Å². The summed E-state index contributed by atoms with van der Waals surface area (Å²) in [4.78, 5) is 18.0. The maximum absolute atomic E-state index is 14.3. The number of pyridine rings is 1. The summed E-state index contributed by atoms with van der Waals surface area (Å²) in [7, 11) is 0. The summed E-state index contributed by atoms with van der Waals surface area (Å²) in [6.07, 6.45) is 3.33. The Morgan fingerprint density at radius 3 is 2.90 bits per heavy atom. The molecule has 2 aromatic rings. The number of aromatic carboxylic acids is 1. The van der Waals surface area contributed by atoms with E-state index in [2.05, 4.69) is 4.98 Å². The highest BCUT2D eigenvalue weighted by molar-refractivity contribution is 7.09. The zero-order chi connectivity index (χ0) is 14.1. The van der Waals surface area contributed by atoms with Gasteiger partial charge in [-0.3, -0.25) is 0 Å². The molecule has 3 rings (SSSR count). The van der Waals surface area contributed by atoms with Crippen molar-refractivity contribution in [3.8, 4) is 0 Å². The lowest BCUT2D eigenvalue weighted by Crippen LogP contribution is -2.27. The highest BCUT2D eigenvalue weighted by atomic mass is 32.1. The molecule has 20 heavy (non-hydrogen) atoms. The maximum Gasteiger partial charge on any atom is 0.338 e. The van der Waals surface area contributed by atoms with Gasteiger partial charge in [-0.2, -0.15) is 0 Å². The van der Waals surface area contributed by atoms with Crippen molar-refractivity contribution in [2.24, 2.45) is 0 Å². The third-order valence-electron chi connectivity index (χ3n) is 3.27. The summed E-state index contributed by atoms with van der Waals surface area (Å²) in [5.41, 5.74) is -0.327. The molecule has 2 heterocycles. The molecule has 0 atom stereocenters. The highest BCUT2D eigenvalue weighted by Crippen LogP contribution is 2.34. The predicted molar refractivity (Wildman–Crippen MR) is 74.7 cm³/mol. The number of hydrogen-bond acceptors (Lipinski definition) is 4. The molecular weight excluding hydrogens is 279 g/mol. The first-order chi connectivity index (χ1) is 9.66. The van der Waals surface area contributed by atoms with Crippen molar-refractivity contribution in [3.63, 3.8) is 0 Å². The van der Waals surface area contributed by atoms with Crippen molar-refractivity contribution in [2.75, 3.05) is 4.90 Å². The van der Waals surface area contributed by atoms with Crippen LogP contribution >= 0.6 is 11.3 Å². The van der Waals surface area contributed by atoms with Crippen LogP contribution in [0.5, 0.6) is 0 Å². The molecule has 1 N–H and O–H groups in total. The Morgan fingerprint density at radius 2 is 2.30 bits per heavy atom. The number of hydrogen-bond donors (Lipinski definition) is 1. The Balaban J connectivity index is 1.95. The summed E-state index contributed by atoms with van der Waals surface area (Å²) in [5, 5.41) is 11.0. The molecule has 0 aliphatic heterocycles. The molecule has 1 aliphatic carbocycles. The summed E-state index contributed by atoms with van der Waals surface area (Å²) >= 11 is 1.60. The Bertz CT molecular complexity index is 626. The smallest absolute Gasteiger partial charge is 0.338 e. The quantitative estimate of drug-likeness (QED) is 0.919. The zero-order valence-corrected chi connectivity index (χ0v) is 11.4. The average Bonchev–Trinajstić information content (AvgIpc) is 3.14. The van der Waals surface area contributed by atoms with E-state index in [-0.39, 0.29) is 17.4 Å². The first-order valence-corrected chi connectivity index (χ1v) is 7.21. The molecule has 0 saturated heterocycles.